The number of ether oxygens (including phenoxy) is 2. The van der Waals surface area contributed by atoms with Gasteiger partial charge in [-0.2, -0.15) is 9.97 Å². The molecule has 4 aromatic rings. The number of aliphatic hydroxyl groups is 1. The largest absolute Gasteiger partial charge is 0.461 e. The van der Waals surface area contributed by atoms with Crippen molar-refractivity contribution in [3.63, 3.8) is 0 Å². The Balaban J connectivity index is 1.16. The van der Waals surface area contributed by atoms with Gasteiger partial charge in [-0.1, -0.05) is 31.4 Å². The molecule has 0 unspecified atom stereocenters. The van der Waals surface area contributed by atoms with Gasteiger partial charge in [-0.15, -0.1) is 6.42 Å². The van der Waals surface area contributed by atoms with Gasteiger partial charge in [0.2, 0.25) is 5.91 Å². The summed E-state index contributed by atoms with van der Waals surface area (Å²) in [4.78, 5) is 37.4. The topological polar surface area (TPSA) is 129 Å². The SMILES string of the molecule is C#Cc1c(F)ccc2c1[C@@H](c1ncc3c(NCC4(N(C)C(=O)C=C)CCCC4)nc(OC[C@]4(C)C[C@@H](F)CN4c4ccc(N5CCOC[C@@H]5C)cn4)nc3c1F)C[C@](C)(O)C2. The third-order valence-electron chi connectivity index (χ3n) is 13.3. The third-order valence-corrected chi connectivity index (χ3v) is 13.3. The normalized spacial score (nSPS) is 25.9. The highest BCUT2D eigenvalue weighted by Gasteiger charge is 2.45. The van der Waals surface area contributed by atoms with E-state index in [1.807, 2.05) is 24.0 Å². The van der Waals surface area contributed by atoms with E-state index in [4.69, 9.17) is 25.9 Å². The fourth-order valence-corrected chi connectivity index (χ4v) is 9.98. The van der Waals surface area contributed by atoms with Gasteiger partial charge in [0, 0.05) is 51.1 Å². The molecule has 3 aromatic heterocycles. The Morgan fingerprint density at radius 3 is 2.66 bits per heavy atom. The quantitative estimate of drug-likeness (QED) is 0.127. The molecule has 1 amide bonds. The number of carbonyl (C=O) groups is 1. The molecule has 61 heavy (non-hydrogen) atoms. The highest BCUT2D eigenvalue weighted by atomic mass is 19.1. The summed E-state index contributed by atoms with van der Waals surface area (Å²) < 4.78 is 59.8. The van der Waals surface area contributed by atoms with Crippen molar-refractivity contribution in [3.8, 4) is 18.4 Å². The van der Waals surface area contributed by atoms with Crippen LogP contribution in [0.4, 0.5) is 30.5 Å². The standard InChI is InChI=1S/C46H53F3N8O4/c1-7-32-35(48)13-11-29-19-45(5,59)21-33(38(29)32)40-39(49)41-34(23-51-40)42(52-26-46(15-9-10-16-46)55(6)37(58)8-2)54-43(53-41)61-27-44(4)20-30(47)24-57(44)36-14-12-31(22-50-36)56-17-18-60-25-28(56)3/h1,8,11-14,22-23,28,30,33,59H,2,9-10,15-21,24-27H2,3-6H3,(H,52,53,54)/t28-,30+,33-,44-,45+/m0/s1. The number of morpholine rings is 1. The van der Waals surface area contributed by atoms with Crippen LogP contribution in [0.15, 0.2) is 49.3 Å². The number of terminal acetylenes is 1. The lowest BCUT2D eigenvalue weighted by Gasteiger charge is -2.39. The number of carbonyl (C=O) groups excluding carboxylic acids is 1. The second-order valence-corrected chi connectivity index (χ2v) is 17.7. The summed E-state index contributed by atoms with van der Waals surface area (Å²) in [5, 5.41) is 15.0. The van der Waals surface area contributed by atoms with Crippen molar-refractivity contribution in [2.45, 2.75) is 101 Å². The average molecular weight is 839 g/mol. The summed E-state index contributed by atoms with van der Waals surface area (Å²) in [6, 6.07) is 6.72. The molecular formula is C46H53F3N8O4. The van der Waals surface area contributed by atoms with E-state index >= 15 is 13.2 Å². The second-order valence-electron chi connectivity index (χ2n) is 17.7. The van der Waals surface area contributed by atoms with Crippen molar-refractivity contribution < 1.29 is 32.5 Å². The van der Waals surface area contributed by atoms with E-state index < -0.39 is 40.4 Å². The van der Waals surface area contributed by atoms with E-state index in [-0.39, 0.29) is 84.9 Å². The zero-order valence-corrected chi connectivity index (χ0v) is 35.2. The highest BCUT2D eigenvalue weighted by molar-refractivity contribution is 5.90. The Kier molecular flexibility index (Phi) is 11.4. The fourth-order valence-electron chi connectivity index (χ4n) is 9.98. The van der Waals surface area contributed by atoms with Gasteiger partial charge in [0.1, 0.15) is 35.7 Å². The molecule has 1 saturated carbocycles. The minimum atomic E-state index is -1.27. The first-order valence-electron chi connectivity index (χ1n) is 21.0. The molecule has 5 heterocycles. The lowest BCUT2D eigenvalue weighted by Crippen LogP contribution is -2.51. The minimum Gasteiger partial charge on any atom is -0.461 e. The monoisotopic (exact) mass is 838 g/mol. The van der Waals surface area contributed by atoms with Crippen LogP contribution < -0.4 is 19.9 Å². The Morgan fingerprint density at radius 2 is 1.95 bits per heavy atom. The molecule has 8 rings (SSSR count). The summed E-state index contributed by atoms with van der Waals surface area (Å²) in [6.07, 6.45) is 12.8. The van der Waals surface area contributed by atoms with E-state index in [9.17, 15) is 9.90 Å². The highest BCUT2D eigenvalue weighted by Crippen LogP contribution is 2.45. The Morgan fingerprint density at radius 1 is 1.16 bits per heavy atom. The smallest absolute Gasteiger partial charge is 0.319 e. The van der Waals surface area contributed by atoms with Crippen LogP contribution in [-0.4, -0.2) is 111 Å². The molecule has 0 spiro atoms. The number of amides is 1. The number of rotatable bonds is 11. The van der Waals surface area contributed by atoms with Gasteiger partial charge in [-0.05, 0) is 75.4 Å². The van der Waals surface area contributed by atoms with E-state index in [1.54, 1.807) is 31.1 Å². The fraction of sp³-hybridized carbons (Fsp3) is 0.500. The lowest BCUT2D eigenvalue weighted by molar-refractivity contribution is -0.129. The van der Waals surface area contributed by atoms with E-state index in [0.717, 1.165) is 37.9 Å². The molecular weight excluding hydrogens is 786 g/mol. The first-order valence-corrected chi connectivity index (χ1v) is 21.0. The molecule has 0 radical (unpaired) electrons. The van der Waals surface area contributed by atoms with Gasteiger partial charge >= 0.3 is 6.01 Å². The number of alkyl halides is 1. The zero-order chi connectivity index (χ0) is 43.3. The first-order chi connectivity index (χ1) is 29.2. The number of hydrogen-bond donors (Lipinski definition) is 2. The molecule has 5 atom stereocenters. The van der Waals surface area contributed by atoms with Gasteiger partial charge < -0.3 is 34.6 Å². The predicted octanol–water partition coefficient (Wildman–Crippen LogP) is 6.49. The second kappa shape index (κ2) is 16.4. The van der Waals surface area contributed by atoms with Gasteiger partial charge in [0.05, 0.1) is 65.0 Å². The molecule has 4 aliphatic rings. The number of halogens is 3. The number of nitrogens with zero attached hydrogens (tertiary/aromatic N) is 7. The van der Waals surface area contributed by atoms with Crippen LogP contribution in [0.25, 0.3) is 10.9 Å². The molecule has 2 saturated heterocycles. The maximum atomic E-state index is 17.3. The van der Waals surface area contributed by atoms with Crippen molar-refractivity contribution in [2.75, 3.05) is 61.6 Å². The van der Waals surface area contributed by atoms with Crippen molar-refractivity contribution in [1.82, 2.24) is 24.8 Å². The van der Waals surface area contributed by atoms with Crippen LogP contribution in [0.5, 0.6) is 6.01 Å². The van der Waals surface area contributed by atoms with Crippen molar-refractivity contribution in [1.29, 1.82) is 0 Å². The summed E-state index contributed by atoms with van der Waals surface area (Å²) in [7, 11) is 1.75. The Hall–Kier alpha value is -5.46. The van der Waals surface area contributed by atoms with E-state index in [2.05, 4.69) is 39.6 Å². The minimum absolute atomic E-state index is 0.00581. The third kappa shape index (κ3) is 7.96. The molecule has 2 N–H and O–H groups in total. The number of hydrogen-bond acceptors (Lipinski definition) is 11. The Bertz CT molecular complexity index is 2370. The lowest BCUT2D eigenvalue weighted by atomic mass is 9.72. The molecule has 322 valence electrons. The molecule has 0 bridgehead atoms. The average Bonchev–Trinajstić information content (AvgIpc) is 3.85. The zero-order valence-electron chi connectivity index (χ0n) is 35.2. The number of nitrogens with one attached hydrogen (secondary N) is 1. The summed E-state index contributed by atoms with van der Waals surface area (Å²) in [5.74, 6) is 0.701. The van der Waals surface area contributed by atoms with Crippen molar-refractivity contribution in [3.05, 3.63) is 83.3 Å². The Labute approximate surface area is 354 Å². The molecule has 1 aromatic carbocycles. The van der Waals surface area contributed by atoms with E-state index in [1.165, 1.54) is 18.3 Å². The number of likely N-dealkylation sites (N-methyl/N-ethyl adjacent to an activating group) is 1. The van der Waals surface area contributed by atoms with Crippen molar-refractivity contribution >= 4 is 34.1 Å². The maximum absolute atomic E-state index is 17.3. The van der Waals surface area contributed by atoms with Crippen LogP contribution in [0.2, 0.25) is 0 Å². The molecule has 12 nitrogen and oxygen atoms in total. The number of anilines is 3. The van der Waals surface area contributed by atoms with Crippen molar-refractivity contribution in [2.24, 2.45) is 0 Å². The van der Waals surface area contributed by atoms with Crippen LogP contribution in [-0.2, 0) is 16.0 Å². The van der Waals surface area contributed by atoms with E-state index in [0.29, 0.717) is 30.2 Å². The predicted molar refractivity (Wildman–Crippen MR) is 228 cm³/mol. The number of benzene rings is 1. The number of aromatic nitrogens is 4. The first kappa shape index (κ1) is 42.2. The van der Waals surface area contributed by atoms with Crippen LogP contribution in [0.1, 0.15) is 87.6 Å². The number of pyridine rings is 2. The van der Waals surface area contributed by atoms with Gasteiger partial charge in [-0.25, -0.2) is 18.2 Å². The van der Waals surface area contributed by atoms with Gasteiger partial charge in [-0.3, -0.25) is 9.78 Å². The molecule has 15 heteroatoms. The summed E-state index contributed by atoms with van der Waals surface area (Å²) in [5.41, 5.74) is -0.959. The van der Waals surface area contributed by atoms with Crippen LogP contribution in [0.3, 0.4) is 0 Å². The van der Waals surface area contributed by atoms with Gasteiger partial charge in [0.25, 0.3) is 0 Å². The molecule has 3 fully saturated rings. The number of fused-ring (bicyclic) bond motifs is 2. The van der Waals surface area contributed by atoms with Crippen LogP contribution >= 0.6 is 0 Å². The molecule has 2 aliphatic carbocycles. The summed E-state index contributed by atoms with van der Waals surface area (Å²) >= 11 is 0. The van der Waals surface area contributed by atoms with Gasteiger partial charge in [0.15, 0.2) is 5.82 Å². The summed E-state index contributed by atoms with van der Waals surface area (Å²) in [6.45, 7) is 11.6. The van der Waals surface area contributed by atoms with Crippen LogP contribution in [0, 0.1) is 24.0 Å². The molecule has 2 aliphatic heterocycles. The maximum Gasteiger partial charge on any atom is 0.319 e.